The molecule has 2 aliphatic rings. The van der Waals surface area contributed by atoms with Crippen molar-refractivity contribution in [2.75, 3.05) is 45.9 Å². The molecule has 0 spiro atoms. The molecule has 2 aliphatic heterocycles. The number of amides is 2. The van der Waals surface area contributed by atoms with Crippen LogP contribution in [0.15, 0.2) is 24.3 Å². The molecule has 1 aromatic carbocycles. The van der Waals surface area contributed by atoms with Crippen LogP contribution >= 0.6 is 0 Å². The van der Waals surface area contributed by atoms with Gasteiger partial charge in [-0.3, -0.25) is 14.5 Å². The molecule has 1 N–H and O–H groups in total. The number of hydrogen-bond donors (Lipinski definition) is 1. The lowest BCUT2D eigenvalue weighted by Gasteiger charge is -2.34. The van der Waals surface area contributed by atoms with Crippen molar-refractivity contribution in [3.05, 3.63) is 35.6 Å². The lowest BCUT2D eigenvalue weighted by molar-refractivity contribution is -0.123. The number of nitrogens with zero attached hydrogens (tertiary/aromatic N) is 2. The van der Waals surface area contributed by atoms with Crippen molar-refractivity contribution >= 4 is 11.8 Å². The molecule has 2 saturated heterocycles. The van der Waals surface area contributed by atoms with Crippen LogP contribution in [0, 0.1) is 5.82 Å². The first kappa shape index (κ1) is 17.8. The Morgan fingerprint density at radius 2 is 1.88 bits per heavy atom. The predicted molar refractivity (Wildman–Crippen MR) is 90.7 cm³/mol. The van der Waals surface area contributed by atoms with E-state index in [1.165, 1.54) is 24.3 Å². The molecular formula is C18H24FN3O3. The van der Waals surface area contributed by atoms with E-state index >= 15 is 0 Å². The minimum absolute atomic E-state index is 0.00573. The monoisotopic (exact) mass is 349 g/mol. The van der Waals surface area contributed by atoms with Crippen molar-refractivity contribution in [1.82, 2.24) is 15.1 Å². The van der Waals surface area contributed by atoms with Gasteiger partial charge in [0.1, 0.15) is 5.82 Å². The Kier molecular flexibility index (Phi) is 5.99. The summed E-state index contributed by atoms with van der Waals surface area (Å²) in [5, 5.41) is 2.92. The van der Waals surface area contributed by atoms with Crippen molar-refractivity contribution in [3.63, 3.8) is 0 Å². The van der Waals surface area contributed by atoms with Crippen LogP contribution in [0.25, 0.3) is 0 Å². The highest BCUT2D eigenvalue weighted by Crippen LogP contribution is 2.11. The van der Waals surface area contributed by atoms with Crippen molar-refractivity contribution in [3.8, 4) is 0 Å². The number of carbonyl (C=O) groups is 2. The minimum Gasteiger partial charge on any atom is -0.376 e. The fraction of sp³-hybridized carbons (Fsp3) is 0.556. The molecule has 2 fully saturated rings. The van der Waals surface area contributed by atoms with Crippen molar-refractivity contribution in [2.45, 2.75) is 18.9 Å². The Labute approximate surface area is 146 Å². The van der Waals surface area contributed by atoms with Crippen LogP contribution in [0.1, 0.15) is 23.2 Å². The molecule has 0 bridgehead atoms. The largest absolute Gasteiger partial charge is 0.376 e. The van der Waals surface area contributed by atoms with E-state index in [4.69, 9.17) is 4.74 Å². The molecule has 7 heteroatoms. The van der Waals surface area contributed by atoms with E-state index in [-0.39, 0.29) is 23.7 Å². The third-order valence-electron chi connectivity index (χ3n) is 4.67. The summed E-state index contributed by atoms with van der Waals surface area (Å²) >= 11 is 0. The first-order chi connectivity index (χ1) is 12.1. The van der Waals surface area contributed by atoms with E-state index in [1.807, 2.05) is 4.90 Å². The summed E-state index contributed by atoms with van der Waals surface area (Å²) in [6.45, 7) is 4.13. The fourth-order valence-corrected chi connectivity index (χ4v) is 3.18. The van der Waals surface area contributed by atoms with Gasteiger partial charge in [0, 0.05) is 44.9 Å². The van der Waals surface area contributed by atoms with E-state index in [1.54, 1.807) is 4.90 Å². The van der Waals surface area contributed by atoms with Crippen LogP contribution in [0.3, 0.4) is 0 Å². The van der Waals surface area contributed by atoms with Crippen LogP contribution < -0.4 is 5.32 Å². The molecule has 1 atom stereocenters. The maximum atomic E-state index is 12.9. The SMILES string of the molecule is O=C(CN1CCN(C(=O)c2ccc(F)cc2)CC1)NCC1CCCO1. The zero-order valence-corrected chi connectivity index (χ0v) is 14.2. The normalized spacial score (nSPS) is 21.3. The fourth-order valence-electron chi connectivity index (χ4n) is 3.18. The summed E-state index contributed by atoms with van der Waals surface area (Å²) < 4.78 is 18.4. The van der Waals surface area contributed by atoms with Gasteiger partial charge in [-0.1, -0.05) is 0 Å². The van der Waals surface area contributed by atoms with E-state index < -0.39 is 0 Å². The van der Waals surface area contributed by atoms with Crippen molar-refractivity contribution in [1.29, 1.82) is 0 Å². The Hall–Kier alpha value is -1.99. The lowest BCUT2D eigenvalue weighted by Crippen LogP contribution is -2.51. The van der Waals surface area contributed by atoms with Crippen LogP contribution in [0.4, 0.5) is 4.39 Å². The second-order valence-corrected chi connectivity index (χ2v) is 6.51. The highest BCUT2D eigenvalue weighted by Gasteiger charge is 2.24. The maximum Gasteiger partial charge on any atom is 0.253 e. The van der Waals surface area contributed by atoms with Gasteiger partial charge >= 0.3 is 0 Å². The van der Waals surface area contributed by atoms with Gasteiger partial charge in [-0.2, -0.15) is 0 Å². The average Bonchev–Trinajstić information content (AvgIpc) is 3.14. The molecule has 2 amide bonds. The molecule has 1 unspecified atom stereocenters. The van der Waals surface area contributed by atoms with Gasteiger partial charge in [-0.25, -0.2) is 4.39 Å². The summed E-state index contributed by atoms with van der Waals surface area (Å²) in [5.41, 5.74) is 0.490. The second kappa shape index (κ2) is 8.40. The summed E-state index contributed by atoms with van der Waals surface area (Å²) in [6, 6.07) is 5.59. The lowest BCUT2D eigenvalue weighted by atomic mass is 10.2. The molecule has 6 nitrogen and oxygen atoms in total. The molecule has 136 valence electrons. The molecule has 25 heavy (non-hydrogen) atoms. The van der Waals surface area contributed by atoms with Crippen LogP contribution in [-0.2, 0) is 9.53 Å². The smallest absolute Gasteiger partial charge is 0.253 e. The Bertz CT molecular complexity index is 594. The van der Waals surface area contributed by atoms with Gasteiger partial charge in [0.05, 0.1) is 12.6 Å². The van der Waals surface area contributed by atoms with Crippen LogP contribution in [-0.4, -0.2) is 73.6 Å². The molecule has 0 aliphatic carbocycles. The zero-order valence-electron chi connectivity index (χ0n) is 14.2. The first-order valence-corrected chi connectivity index (χ1v) is 8.77. The standard InChI is InChI=1S/C18H24FN3O3/c19-15-5-3-14(4-6-15)18(24)22-9-7-21(8-10-22)13-17(23)20-12-16-2-1-11-25-16/h3-6,16H,1-2,7-13H2,(H,20,23). The van der Waals surface area contributed by atoms with E-state index in [9.17, 15) is 14.0 Å². The van der Waals surface area contributed by atoms with Crippen molar-refractivity contribution in [2.24, 2.45) is 0 Å². The molecule has 0 aromatic heterocycles. The number of piperazine rings is 1. The third kappa shape index (κ3) is 4.99. The Morgan fingerprint density at radius 3 is 2.52 bits per heavy atom. The van der Waals surface area contributed by atoms with Crippen molar-refractivity contribution < 1.29 is 18.7 Å². The van der Waals surface area contributed by atoms with Gasteiger partial charge in [-0.05, 0) is 37.1 Å². The van der Waals surface area contributed by atoms with Crippen LogP contribution in [0.2, 0.25) is 0 Å². The first-order valence-electron chi connectivity index (χ1n) is 8.77. The molecule has 2 heterocycles. The van der Waals surface area contributed by atoms with Gasteiger partial charge in [0.15, 0.2) is 0 Å². The highest BCUT2D eigenvalue weighted by atomic mass is 19.1. The Morgan fingerprint density at radius 1 is 1.16 bits per heavy atom. The molecule has 3 rings (SSSR count). The van der Waals surface area contributed by atoms with Gasteiger partial charge in [-0.15, -0.1) is 0 Å². The number of benzene rings is 1. The number of nitrogens with one attached hydrogen (secondary N) is 1. The molecule has 0 saturated carbocycles. The third-order valence-corrected chi connectivity index (χ3v) is 4.67. The van der Waals surface area contributed by atoms with Crippen LogP contribution in [0.5, 0.6) is 0 Å². The van der Waals surface area contributed by atoms with Gasteiger partial charge < -0.3 is 15.0 Å². The van der Waals surface area contributed by atoms with E-state index in [0.29, 0.717) is 44.8 Å². The summed E-state index contributed by atoms with van der Waals surface area (Å²) in [5.74, 6) is -0.452. The predicted octanol–water partition coefficient (Wildman–Crippen LogP) is 0.879. The molecule has 1 aromatic rings. The number of rotatable bonds is 5. The second-order valence-electron chi connectivity index (χ2n) is 6.51. The number of hydrogen-bond acceptors (Lipinski definition) is 4. The van der Waals surface area contributed by atoms with Gasteiger partial charge in [0.2, 0.25) is 5.91 Å². The zero-order chi connectivity index (χ0) is 17.6. The average molecular weight is 349 g/mol. The topological polar surface area (TPSA) is 61.9 Å². The number of carbonyl (C=O) groups excluding carboxylic acids is 2. The number of halogens is 1. The summed E-state index contributed by atoms with van der Waals surface area (Å²) in [4.78, 5) is 28.2. The minimum atomic E-state index is -0.351. The summed E-state index contributed by atoms with van der Waals surface area (Å²) in [6.07, 6.45) is 2.21. The van der Waals surface area contributed by atoms with Gasteiger partial charge in [0.25, 0.3) is 5.91 Å². The maximum absolute atomic E-state index is 12.9. The van der Waals surface area contributed by atoms with E-state index in [2.05, 4.69) is 5.32 Å². The quantitative estimate of drug-likeness (QED) is 0.857. The molecule has 0 radical (unpaired) electrons. The highest BCUT2D eigenvalue weighted by molar-refractivity contribution is 5.94. The summed E-state index contributed by atoms with van der Waals surface area (Å²) in [7, 11) is 0. The Balaban J connectivity index is 1.39. The van der Waals surface area contributed by atoms with E-state index in [0.717, 1.165) is 19.4 Å². The molecular weight excluding hydrogens is 325 g/mol. The number of ether oxygens (including phenoxy) is 1.